The standard InChI is InChI=1S/C22H24N8O3S/c1-13-21(34(32,33)30-8-7-18-19(12-30)27-28-26-18)9-20(29(13)3)22(31)24-10-15-5-4-6-17-16(15)11-23-14(2)25-17/h4-6,9,11H,7-8,10,12H2,1-3H3,(H,24,31)(H,26,27,28). The van der Waals surface area contributed by atoms with Gasteiger partial charge in [0.15, 0.2) is 0 Å². The molecule has 0 unspecified atom stereocenters. The van der Waals surface area contributed by atoms with Gasteiger partial charge in [0.25, 0.3) is 5.91 Å². The molecular weight excluding hydrogens is 456 g/mol. The van der Waals surface area contributed by atoms with E-state index in [9.17, 15) is 13.2 Å². The van der Waals surface area contributed by atoms with Crippen LogP contribution in [0.1, 0.15) is 39.0 Å². The molecule has 4 aromatic rings. The van der Waals surface area contributed by atoms with Crippen molar-refractivity contribution in [3.8, 4) is 0 Å². The minimum absolute atomic E-state index is 0.112. The Balaban J connectivity index is 1.38. The summed E-state index contributed by atoms with van der Waals surface area (Å²) in [6.45, 7) is 4.23. The summed E-state index contributed by atoms with van der Waals surface area (Å²) in [6, 6.07) is 7.12. The number of aryl methyl sites for hydroxylation is 1. The van der Waals surface area contributed by atoms with E-state index in [1.54, 1.807) is 24.7 Å². The zero-order chi connectivity index (χ0) is 24.0. The van der Waals surface area contributed by atoms with Crippen molar-refractivity contribution in [2.24, 2.45) is 7.05 Å². The molecule has 12 heteroatoms. The SMILES string of the molecule is Cc1ncc2c(CNC(=O)c3cc(S(=O)(=O)N4CCc5n[nH]nc5C4)c(C)n3C)cccc2n1. The Hall–Kier alpha value is -3.64. The molecule has 1 aromatic carbocycles. The van der Waals surface area contributed by atoms with Crippen molar-refractivity contribution < 1.29 is 13.2 Å². The van der Waals surface area contributed by atoms with Crippen molar-refractivity contribution in [3.63, 3.8) is 0 Å². The van der Waals surface area contributed by atoms with Crippen molar-refractivity contribution in [1.29, 1.82) is 0 Å². The molecule has 0 spiro atoms. The summed E-state index contributed by atoms with van der Waals surface area (Å²) in [5, 5.41) is 14.4. The number of fused-ring (bicyclic) bond motifs is 2. The molecule has 11 nitrogen and oxygen atoms in total. The third-order valence-corrected chi connectivity index (χ3v) is 8.20. The van der Waals surface area contributed by atoms with Gasteiger partial charge < -0.3 is 9.88 Å². The summed E-state index contributed by atoms with van der Waals surface area (Å²) in [5.41, 5.74) is 3.84. The Labute approximate surface area is 196 Å². The van der Waals surface area contributed by atoms with Crippen LogP contribution in [0, 0.1) is 13.8 Å². The zero-order valence-electron chi connectivity index (χ0n) is 19.0. The maximum atomic E-state index is 13.4. The van der Waals surface area contributed by atoms with E-state index < -0.39 is 10.0 Å². The number of aromatic amines is 1. The highest BCUT2D eigenvalue weighted by atomic mass is 32.2. The summed E-state index contributed by atoms with van der Waals surface area (Å²) in [5.74, 6) is 0.310. The molecule has 5 rings (SSSR count). The van der Waals surface area contributed by atoms with E-state index in [0.717, 1.165) is 22.2 Å². The lowest BCUT2D eigenvalue weighted by Gasteiger charge is -2.24. The number of hydrogen-bond acceptors (Lipinski definition) is 7. The number of sulfonamides is 1. The van der Waals surface area contributed by atoms with Crippen LogP contribution in [0.25, 0.3) is 10.9 Å². The first kappa shape index (κ1) is 22.2. The van der Waals surface area contributed by atoms with Crippen LogP contribution < -0.4 is 5.32 Å². The number of carbonyl (C=O) groups excluding carboxylic acids is 1. The Morgan fingerprint density at radius 1 is 1.21 bits per heavy atom. The molecule has 1 aliphatic heterocycles. The van der Waals surface area contributed by atoms with E-state index in [-0.39, 0.29) is 29.6 Å². The van der Waals surface area contributed by atoms with Crippen molar-refractivity contribution in [2.75, 3.05) is 6.54 Å². The number of aromatic nitrogens is 6. The Bertz CT molecular complexity index is 1520. The second-order valence-corrected chi connectivity index (χ2v) is 10.2. The van der Waals surface area contributed by atoms with Crippen LogP contribution in [-0.4, -0.2) is 55.1 Å². The van der Waals surface area contributed by atoms with Gasteiger partial charge in [-0.2, -0.15) is 19.7 Å². The van der Waals surface area contributed by atoms with Crippen LogP contribution in [0.2, 0.25) is 0 Å². The topological polar surface area (TPSA) is 139 Å². The minimum Gasteiger partial charge on any atom is -0.347 e. The fourth-order valence-corrected chi connectivity index (χ4v) is 5.87. The predicted molar refractivity (Wildman–Crippen MR) is 123 cm³/mol. The third kappa shape index (κ3) is 3.74. The number of rotatable bonds is 5. The highest BCUT2D eigenvalue weighted by Gasteiger charge is 2.33. The van der Waals surface area contributed by atoms with E-state index >= 15 is 0 Å². The molecule has 0 saturated carbocycles. The van der Waals surface area contributed by atoms with Gasteiger partial charge in [-0.3, -0.25) is 4.79 Å². The number of hydrogen-bond donors (Lipinski definition) is 2. The molecule has 0 atom stereocenters. The monoisotopic (exact) mass is 480 g/mol. The summed E-state index contributed by atoms with van der Waals surface area (Å²) in [7, 11) is -2.13. The van der Waals surface area contributed by atoms with Crippen LogP contribution in [0.4, 0.5) is 0 Å². The normalized spacial score (nSPS) is 14.3. The van der Waals surface area contributed by atoms with E-state index in [4.69, 9.17) is 0 Å². The Kier molecular flexibility index (Phi) is 5.41. The van der Waals surface area contributed by atoms with Gasteiger partial charge in [-0.15, -0.1) is 0 Å². The zero-order valence-corrected chi connectivity index (χ0v) is 19.8. The molecule has 34 heavy (non-hydrogen) atoms. The maximum Gasteiger partial charge on any atom is 0.268 e. The number of carbonyl (C=O) groups is 1. The number of nitrogens with zero attached hydrogens (tertiary/aromatic N) is 6. The van der Waals surface area contributed by atoms with Crippen molar-refractivity contribution in [2.45, 2.75) is 38.3 Å². The lowest BCUT2D eigenvalue weighted by molar-refractivity contribution is 0.0942. The molecule has 1 aliphatic rings. The van der Waals surface area contributed by atoms with Gasteiger partial charge in [-0.25, -0.2) is 18.4 Å². The molecule has 2 N–H and O–H groups in total. The van der Waals surface area contributed by atoms with E-state index in [1.807, 2.05) is 25.1 Å². The van der Waals surface area contributed by atoms with Crippen LogP contribution >= 0.6 is 0 Å². The first-order chi connectivity index (χ1) is 16.3. The molecule has 0 radical (unpaired) electrons. The molecular formula is C22H24N8O3S. The summed E-state index contributed by atoms with van der Waals surface area (Å²) in [6.07, 6.45) is 2.23. The molecule has 0 saturated heterocycles. The fourth-order valence-electron chi connectivity index (χ4n) is 4.20. The fraction of sp³-hybridized carbons (Fsp3) is 0.318. The second kappa shape index (κ2) is 8.29. The van der Waals surface area contributed by atoms with E-state index in [1.165, 1.54) is 10.4 Å². The van der Waals surface area contributed by atoms with Gasteiger partial charge in [-0.05, 0) is 31.5 Å². The molecule has 176 valence electrons. The molecule has 0 fully saturated rings. The first-order valence-corrected chi connectivity index (χ1v) is 12.2. The molecule has 4 heterocycles. The van der Waals surface area contributed by atoms with Crippen molar-refractivity contribution in [1.82, 2.24) is 39.6 Å². The molecule has 1 amide bonds. The highest BCUT2D eigenvalue weighted by Crippen LogP contribution is 2.27. The maximum absolute atomic E-state index is 13.4. The number of H-pyrrole nitrogens is 1. The highest BCUT2D eigenvalue weighted by molar-refractivity contribution is 7.89. The number of amides is 1. The van der Waals surface area contributed by atoms with Crippen LogP contribution in [0.5, 0.6) is 0 Å². The van der Waals surface area contributed by atoms with Crippen molar-refractivity contribution in [3.05, 3.63) is 64.6 Å². The predicted octanol–water partition coefficient (Wildman–Crippen LogP) is 1.38. The minimum atomic E-state index is -3.81. The average molecular weight is 481 g/mol. The van der Waals surface area contributed by atoms with Crippen LogP contribution in [-0.2, 0) is 36.6 Å². The Morgan fingerprint density at radius 3 is 2.82 bits per heavy atom. The average Bonchev–Trinajstić information content (AvgIpc) is 3.41. The largest absolute Gasteiger partial charge is 0.347 e. The van der Waals surface area contributed by atoms with E-state index in [0.29, 0.717) is 30.2 Å². The van der Waals surface area contributed by atoms with Gasteiger partial charge in [-0.1, -0.05) is 12.1 Å². The van der Waals surface area contributed by atoms with Crippen molar-refractivity contribution >= 4 is 26.8 Å². The number of benzene rings is 1. The van der Waals surface area contributed by atoms with Crippen LogP contribution in [0.3, 0.4) is 0 Å². The van der Waals surface area contributed by atoms with E-state index in [2.05, 4.69) is 30.7 Å². The lowest BCUT2D eigenvalue weighted by atomic mass is 10.1. The smallest absolute Gasteiger partial charge is 0.268 e. The first-order valence-electron chi connectivity index (χ1n) is 10.8. The summed E-state index contributed by atoms with van der Waals surface area (Å²) < 4.78 is 29.8. The van der Waals surface area contributed by atoms with Gasteiger partial charge in [0.1, 0.15) is 22.1 Å². The Morgan fingerprint density at radius 2 is 2.00 bits per heavy atom. The molecule has 0 aliphatic carbocycles. The van der Waals surface area contributed by atoms with Gasteiger partial charge in [0.05, 0.1) is 17.8 Å². The quantitative estimate of drug-likeness (QED) is 0.440. The van der Waals surface area contributed by atoms with Gasteiger partial charge in [0, 0.05) is 43.8 Å². The van der Waals surface area contributed by atoms with Crippen LogP contribution in [0.15, 0.2) is 35.4 Å². The summed E-state index contributed by atoms with van der Waals surface area (Å²) in [4.78, 5) is 21.8. The summed E-state index contributed by atoms with van der Waals surface area (Å²) >= 11 is 0. The number of nitrogens with one attached hydrogen (secondary N) is 2. The third-order valence-electron chi connectivity index (χ3n) is 6.24. The van der Waals surface area contributed by atoms with Gasteiger partial charge >= 0.3 is 0 Å². The second-order valence-electron chi connectivity index (χ2n) is 8.29. The lowest BCUT2D eigenvalue weighted by Crippen LogP contribution is -2.36. The van der Waals surface area contributed by atoms with Gasteiger partial charge in [0.2, 0.25) is 10.0 Å². The molecule has 3 aromatic heterocycles. The molecule has 0 bridgehead atoms.